The van der Waals surface area contributed by atoms with E-state index >= 15 is 0 Å². The van der Waals surface area contributed by atoms with Crippen LogP contribution >= 0.6 is 11.6 Å². The third-order valence-electron chi connectivity index (χ3n) is 1.83. The minimum atomic E-state index is -3.33. The van der Waals surface area contributed by atoms with E-state index in [0.717, 1.165) is 5.56 Å². The molecule has 1 aromatic carbocycles. The Morgan fingerprint density at radius 1 is 1.36 bits per heavy atom. The third-order valence-corrected chi connectivity index (χ3v) is 3.95. The van der Waals surface area contributed by atoms with Gasteiger partial charge in [0.25, 0.3) is 0 Å². The highest BCUT2D eigenvalue weighted by molar-refractivity contribution is 7.89. The van der Waals surface area contributed by atoms with Gasteiger partial charge >= 0.3 is 0 Å². The van der Waals surface area contributed by atoms with Gasteiger partial charge in [-0.2, -0.15) is 0 Å². The molecule has 0 spiro atoms. The molecule has 5 heteroatoms. The van der Waals surface area contributed by atoms with Crippen LogP contribution in [0.4, 0.5) is 0 Å². The van der Waals surface area contributed by atoms with Crippen molar-refractivity contribution >= 4 is 21.6 Å². The molecule has 0 heterocycles. The van der Waals surface area contributed by atoms with Crippen molar-refractivity contribution in [2.75, 3.05) is 14.1 Å². The standard InChI is InChI=1S/C9H12ClNO2S/c1-11(2)14(12,13)9-5-3-4-8(6-9)7-10/h3-6H,7H2,1-2H3. The fourth-order valence-electron chi connectivity index (χ4n) is 1.000. The van der Waals surface area contributed by atoms with Gasteiger partial charge in [-0.3, -0.25) is 0 Å². The van der Waals surface area contributed by atoms with Crippen LogP contribution in [0.2, 0.25) is 0 Å². The van der Waals surface area contributed by atoms with Crippen LogP contribution in [0.3, 0.4) is 0 Å². The maximum absolute atomic E-state index is 11.7. The lowest BCUT2D eigenvalue weighted by Gasteiger charge is -2.11. The lowest BCUT2D eigenvalue weighted by atomic mass is 10.2. The van der Waals surface area contributed by atoms with Gasteiger partial charge in [0.15, 0.2) is 0 Å². The minimum absolute atomic E-state index is 0.278. The number of nitrogens with zero attached hydrogens (tertiary/aromatic N) is 1. The minimum Gasteiger partial charge on any atom is -0.207 e. The molecule has 0 N–H and O–H groups in total. The molecule has 0 amide bonds. The van der Waals surface area contributed by atoms with Gasteiger partial charge in [-0.15, -0.1) is 11.6 Å². The average molecular weight is 234 g/mol. The fourth-order valence-corrected chi connectivity index (χ4v) is 2.14. The molecule has 0 unspecified atom stereocenters. The first-order valence-corrected chi connectivity index (χ1v) is 6.03. The second kappa shape index (κ2) is 4.29. The van der Waals surface area contributed by atoms with Gasteiger partial charge in [0.05, 0.1) is 4.90 Å². The second-order valence-corrected chi connectivity index (χ2v) is 5.49. The summed E-state index contributed by atoms with van der Waals surface area (Å²) >= 11 is 5.62. The SMILES string of the molecule is CN(C)S(=O)(=O)c1cccc(CCl)c1. The molecule has 0 aromatic heterocycles. The van der Waals surface area contributed by atoms with Crippen LogP contribution in [-0.2, 0) is 15.9 Å². The molecular formula is C9H12ClNO2S. The number of rotatable bonds is 3. The lowest BCUT2D eigenvalue weighted by molar-refractivity contribution is 0.520. The molecular weight excluding hydrogens is 222 g/mol. The maximum atomic E-state index is 11.7. The highest BCUT2D eigenvalue weighted by Crippen LogP contribution is 2.15. The van der Waals surface area contributed by atoms with E-state index in [4.69, 9.17) is 11.6 Å². The van der Waals surface area contributed by atoms with Crippen molar-refractivity contribution in [3.8, 4) is 0 Å². The lowest BCUT2D eigenvalue weighted by Crippen LogP contribution is -2.22. The fraction of sp³-hybridized carbons (Fsp3) is 0.333. The van der Waals surface area contributed by atoms with E-state index in [2.05, 4.69) is 0 Å². The van der Waals surface area contributed by atoms with Gasteiger partial charge in [0.1, 0.15) is 0 Å². The molecule has 0 atom stereocenters. The zero-order chi connectivity index (χ0) is 10.8. The summed E-state index contributed by atoms with van der Waals surface area (Å²) in [6.07, 6.45) is 0. The smallest absolute Gasteiger partial charge is 0.207 e. The van der Waals surface area contributed by atoms with Crippen LogP contribution in [0.25, 0.3) is 0 Å². The monoisotopic (exact) mass is 233 g/mol. The summed E-state index contributed by atoms with van der Waals surface area (Å²) in [6, 6.07) is 6.63. The maximum Gasteiger partial charge on any atom is 0.242 e. The van der Waals surface area contributed by atoms with Gasteiger partial charge < -0.3 is 0 Å². The summed E-state index contributed by atoms with van der Waals surface area (Å²) in [5.74, 6) is 0.316. The van der Waals surface area contributed by atoms with E-state index in [0.29, 0.717) is 5.88 Å². The van der Waals surface area contributed by atoms with E-state index in [1.165, 1.54) is 18.4 Å². The Balaban J connectivity index is 3.20. The molecule has 3 nitrogen and oxygen atoms in total. The zero-order valence-corrected chi connectivity index (χ0v) is 9.64. The Bertz CT molecular complexity index is 415. The largest absolute Gasteiger partial charge is 0.242 e. The summed E-state index contributed by atoms with van der Waals surface area (Å²) in [7, 11) is -0.329. The Morgan fingerprint density at radius 2 is 2.00 bits per heavy atom. The predicted molar refractivity (Wildman–Crippen MR) is 56.9 cm³/mol. The first-order chi connectivity index (χ1) is 6.48. The Morgan fingerprint density at radius 3 is 2.50 bits per heavy atom. The Kier molecular flexibility index (Phi) is 3.53. The van der Waals surface area contributed by atoms with Gasteiger partial charge in [-0.25, -0.2) is 12.7 Å². The number of sulfonamides is 1. The molecule has 0 aliphatic rings. The average Bonchev–Trinajstić information content (AvgIpc) is 2.17. The van der Waals surface area contributed by atoms with Crippen molar-refractivity contribution < 1.29 is 8.42 Å². The quantitative estimate of drug-likeness (QED) is 0.745. The van der Waals surface area contributed by atoms with Crippen molar-refractivity contribution in [3.05, 3.63) is 29.8 Å². The molecule has 0 radical (unpaired) electrons. The van der Waals surface area contributed by atoms with Crippen molar-refractivity contribution in [1.29, 1.82) is 0 Å². The van der Waals surface area contributed by atoms with Crippen LogP contribution < -0.4 is 0 Å². The summed E-state index contributed by atoms with van der Waals surface area (Å²) in [6.45, 7) is 0. The number of halogens is 1. The summed E-state index contributed by atoms with van der Waals surface area (Å²) in [5.41, 5.74) is 0.801. The number of benzene rings is 1. The molecule has 0 fully saturated rings. The van der Waals surface area contributed by atoms with Gasteiger partial charge in [-0.1, -0.05) is 12.1 Å². The molecule has 78 valence electrons. The first kappa shape index (κ1) is 11.5. The van der Waals surface area contributed by atoms with E-state index in [1.54, 1.807) is 24.3 Å². The molecule has 0 saturated carbocycles. The molecule has 0 aliphatic carbocycles. The van der Waals surface area contributed by atoms with E-state index < -0.39 is 10.0 Å². The normalized spacial score (nSPS) is 12.0. The van der Waals surface area contributed by atoms with Crippen LogP contribution in [0.1, 0.15) is 5.56 Å². The van der Waals surface area contributed by atoms with E-state index in [-0.39, 0.29) is 4.90 Å². The molecule has 1 rings (SSSR count). The predicted octanol–water partition coefficient (Wildman–Crippen LogP) is 1.68. The van der Waals surface area contributed by atoms with E-state index in [1.807, 2.05) is 0 Å². The highest BCUT2D eigenvalue weighted by atomic mass is 35.5. The molecule has 0 bridgehead atoms. The van der Waals surface area contributed by atoms with Crippen molar-refractivity contribution in [2.45, 2.75) is 10.8 Å². The van der Waals surface area contributed by atoms with Gasteiger partial charge in [-0.05, 0) is 17.7 Å². The van der Waals surface area contributed by atoms with Crippen LogP contribution in [0, 0.1) is 0 Å². The molecule has 0 saturated heterocycles. The van der Waals surface area contributed by atoms with Crippen LogP contribution in [0.5, 0.6) is 0 Å². The zero-order valence-electron chi connectivity index (χ0n) is 8.07. The van der Waals surface area contributed by atoms with Crippen LogP contribution in [-0.4, -0.2) is 26.8 Å². The molecule has 0 aliphatic heterocycles. The van der Waals surface area contributed by atoms with Gasteiger partial charge in [0.2, 0.25) is 10.0 Å². The highest BCUT2D eigenvalue weighted by Gasteiger charge is 2.16. The summed E-state index contributed by atoms with van der Waals surface area (Å²) < 4.78 is 24.5. The number of hydrogen-bond donors (Lipinski definition) is 0. The number of alkyl halides is 1. The Labute approximate surface area is 89.4 Å². The summed E-state index contributed by atoms with van der Waals surface area (Å²) in [4.78, 5) is 0.278. The van der Waals surface area contributed by atoms with Crippen molar-refractivity contribution in [2.24, 2.45) is 0 Å². The van der Waals surface area contributed by atoms with Gasteiger partial charge in [0, 0.05) is 20.0 Å². The first-order valence-electron chi connectivity index (χ1n) is 4.06. The summed E-state index contributed by atoms with van der Waals surface area (Å²) in [5, 5.41) is 0. The van der Waals surface area contributed by atoms with Crippen LogP contribution in [0.15, 0.2) is 29.2 Å². The third kappa shape index (κ3) is 2.26. The molecule has 14 heavy (non-hydrogen) atoms. The van der Waals surface area contributed by atoms with Crippen molar-refractivity contribution in [3.63, 3.8) is 0 Å². The van der Waals surface area contributed by atoms with E-state index in [9.17, 15) is 8.42 Å². The second-order valence-electron chi connectivity index (χ2n) is 3.07. The Hall–Kier alpha value is -0.580. The topological polar surface area (TPSA) is 37.4 Å². The van der Waals surface area contributed by atoms with Crippen molar-refractivity contribution in [1.82, 2.24) is 4.31 Å². The molecule has 1 aromatic rings. The number of hydrogen-bond acceptors (Lipinski definition) is 2.